The third-order valence-corrected chi connectivity index (χ3v) is 2.12. The lowest BCUT2D eigenvalue weighted by Crippen LogP contribution is -2.34. The zero-order valence-corrected chi connectivity index (χ0v) is 8.13. The highest BCUT2D eigenvalue weighted by Gasteiger charge is 2.21. The standard InChI is InChI=1S/C7H12BNO2S/c1-3-10-8(11-4-2)7-5-9-6-12-7/h5-6H,3-4H2,1-2H3. The SMILES string of the molecule is CCOB(OCC)c1cncs1. The van der Waals surface area contributed by atoms with Crippen LogP contribution in [-0.4, -0.2) is 25.3 Å². The minimum atomic E-state index is -0.229. The first kappa shape index (κ1) is 9.70. The molecule has 0 spiro atoms. The van der Waals surface area contributed by atoms with Crippen molar-refractivity contribution in [2.75, 3.05) is 13.2 Å². The van der Waals surface area contributed by atoms with Gasteiger partial charge in [-0.05, 0) is 13.8 Å². The molecule has 12 heavy (non-hydrogen) atoms. The predicted octanol–water partition coefficient (Wildman–Crippen LogP) is 0.911. The van der Waals surface area contributed by atoms with E-state index in [1.54, 1.807) is 23.0 Å². The summed E-state index contributed by atoms with van der Waals surface area (Å²) in [6, 6.07) is 0. The molecule has 0 aliphatic carbocycles. The van der Waals surface area contributed by atoms with Gasteiger partial charge in [0.1, 0.15) is 0 Å². The Labute approximate surface area is 76.9 Å². The van der Waals surface area contributed by atoms with Gasteiger partial charge in [-0.2, -0.15) is 0 Å². The Bertz CT molecular complexity index is 199. The number of hydrogen-bond acceptors (Lipinski definition) is 4. The molecule has 0 aliphatic heterocycles. The lowest BCUT2D eigenvalue weighted by Gasteiger charge is -2.09. The van der Waals surface area contributed by atoms with E-state index in [0.717, 1.165) is 4.78 Å². The topological polar surface area (TPSA) is 31.4 Å². The molecule has 1 aromatic rings. The number of rotatable bonds is 5. The fraction of sp³-hybridized carbons (Fsp3) is 0.571. The zero-order valence-electron chi connectivity index (χ0n) is 7.32. The van der Waals surface area contributed by atoms with Crippen molar-refractivity contribution < 1.29 is 9.31 Å². The Morgan fingerprint density at radius 1 is 1.42 bits per heavy atom. The van der Waals surface area contributed by atoms with E-state index in [4.69, 9.17) is 9.31 Å². The molecule has 0 saturated carbocycles. The van der Waals surface area contributed by atoms with Gasteiger partial charge in [-0.15, -0.1) is 11.3 Å². The van der Waals surface area contributed by atoms with E-state index in [1.165, 1.54) is 0 Å². The summed E-state index contributed by atoms with van der Waals surface area (Å²) in [5, 5.41) is 0. The van der Waals surface area contributed by atoms with Crippen LogP contribution in [0.4, 0.5) is 0 Å². The highest BCUT2D eigenvalue weighted by molar-refractivity contribution is 7.20. The maximum atomic E-state index is 5.37. The van der Waals surface area contributed by atoms with Gasteiger partial charge in [0.05, 0.1) is 10.3 Å². The molecule has 5 heteroatoms. The van der Waals surface area contributed by atoms with Crippen molar-refractivity contribution in [1.82, 2.24) is 4.98 Å². The van der Waals surface area contributed by atoms with Crippen LogP contribution in [0, 0.1) is 0 Å². The molecular weight excluding hydrogens is 173 g/mol. The van der Waals surface area contributed by atoms with E-state index in [-0.39, 0.29) is 7.12 Å². The summed E-state index contributed by atoms with van der Waals surface area (Å²) in [5.74, 6) is 0. The van der Waals surface area contributed by atoms with E-state index in [0.29, 0.717) is 13.2 Å². The summed E-state index contributed by atoms with van der Waals surface area (Å²) in [7, 11) is -0.229. The Morgan fingerprint density at radius 2 is 2.08 bits per heavy atom. The summed E-state index contributed by atoms with van der Waals surface area (Å²) < 4.78 is 11.8. The fourth-order valence-corrected chi connectivity index (χ4v) is 1.47. The van der Waals surface area contributed by atoms with Crippen LogP contribution in [-0.2, 0) is 9.31 Å². The lowest BCUT2D eigenvalue weighted by molar-refractivity contribution is 0.226. The van der Waals surface area contributed by atoms with Gasteiger partial charge in [0.2, 0.25) is 0 Å². The molecule has 0 unspecified atom stereocenters. The van der Waals surface area contributed by atoms with Gasteiger partial charge < -0.3 is 9.31 Å². The predicted molar refractivity (Wildman–Crippen MR) is 50.8 cm³/mol. The molecule has 66 valence electrons. The van der Waals surface area contributed by atoms with Gasteiger partial charge in [0.15, 0.2) is 0 Å². The molecule has 0 atom stereocenters. The molecule has 1 rings (SSSR count). The highest BCUT2D eigenvalue weighted by atomic mass is 32.1. The first-order valence-electron chi connectivity index (χ1n) is 4.00. The van der Waals surface area contributed by atoms with Gasteiger partial charge in [0, 0.05) is 19.4 Å². The monoisotopic (exact) mass is 185 g/mol. The first-order valence-corrected chi connectivity index (χ1v) is 4.88. The number of hydrogen-bond donors (Lipinski definition) is 0. The molecule has 0 radical (unpaired) electrons. The van der Waals surface area contributed by atoms with Crippen LogP contribution in [0.3, 0.4) is 0 Å². The summed E-state index contributed by atoms with van der Waals surface area (Å²) >= 11 is 1.55. The van der Waals surface area contributed by atoms with Gasteiger partial charge in [-0.25, -0.2) is 0 Å². The van der Waals surface area contributed by atoms with Crippen LogP contribution in [0.5, 0.6) is 0 Å². The molecule has 0 bridgehead atoms. The van der Waals surface area contributed by atoms with Crippen molar-refractivity contribution in [3.05, 3.63) is 11.7 Å². The van der Waals surface area contributed by atoms with Crippen LogP contribution >= 0.6 is 11.3 Å². The average Bonchev–Trinajstić information content (AvgIpc) is 2.56. The molecule has 0 N–H and O–H groups in total. The minimum absolute atomic E-state index is 0.229. The van der Waals surface area contributed by atoms with Gasteiger partial charge in [-0.1, -0.05) is 0 Å². The van der Waals surface area contributed by atoms with Gasteiger partial charge in [-0.3, -0.25) is 4.98 Å². The van der Waals surface area contributed by atoms with Crippen molar-refractivity contribution in [2.24, 2.45) is 0 Å². The second-order valence-electron chi connectivity index (χ2n) is 2.15. The Kier molecular flexibility index (Phi) is 4.28. The molecular formula is C7H12BNO2S. The third-order valence-electron chi connectivity index (χ3n) is 1.32. The lowest BCUT2D eigenvalue weighted by atomic mass is 9.88. The van der Waals surface area contributed by atoms with Crippen molar-refractivity contribution in [3.8, 4) is 0 Å². The Hall–Kier alpha value is -0.385. The molecule has 0 amide bonds. The third kappa shape index (κ3) is 2.58. The van der Waals surface area contributed by atoms with Crippen molar-refractivity contribution >= 4 is 23.2 Å². The van der Waals surface area contributed by atoms with E-state index in [2.05, 4.69) is 4.98 Å². The highest BCUT2D eigenvalue weighted by Crippen LogP contribution is 1.96. The molecule has 0 aromatic carbocycles. The molecule has 0 fully saturated rings. The first-order chi connectivity index (χ1) is 5.88. The Morgan fingerprint density at radius 3 is 2.50 bits per heavy atom. The summed E-state index contributed by atoms with van der Waals surface area (Å²) in [6.07, 6.45) is 1.78. The summed E-state index contributed by atoms with van der Waals surface area (Å²) in [5.41, 5.74) is 1.78. The van der Waals surface area contributed by atoms with Crippen LogP contribution in [0.15, 0.2) is 11.7 Å². The number of nitrogens with zero attached hydrogens (tertiary/aromatic N) is 1. The summed E-state index contributed by atoms with van der Waals surface area (Å²) in [4.78, 5) is 3.97. The smallest absolute Gasteiger partial charge is 0.407 e. The number of aromatic nitrogens is 1. The van der Waals surface area contributed by atoms with Crippen molar-refractivity contribution in [2.45, 2.75) is 13.8 Å². The summed E-state index contributed by atoms with van der Waals surface area (Å²) in [6.45, 7) is 5.21. The fourth-order valence-electron chi connectivity index (χ4n) is 0.857. The largest absolute Gasteiger partial charge is 0.506 e. The van der Waals surface area contributed by atoms with Crippen molar-refractivity contribution in [1.29, 1.82) is 0 Å². The zero-order chi connectivity index (χ0) is 8.81. The van der Waals surface area contributed by atoms with E-state index >= 15 is 0 Å². The molecule has 1 heterocycles. The van der Waals surface area contributed by atoms with E-state index in [9.17, 15) is 0 Å². The second kappa shape index (κ2) is 5.29. The second-order valence-corrected chi connectivity index (χ2v) is 3.06. The van der Waals surface area contributed by atoms with Crippen LogP contribution in [0.25, 0.3) is 0 Å². The van der Waals surface area contributed by atoms with Gasteiger partial charge >= 0.3 is 7.12 Å². The van der Waals surface area contributed by atoms with E-state index in [1.807, 2.05) is 13.8 Å². The van der Waals surface area contributed by atoms with E-state index < -0.39 is 0 Å². The maximum Gasteiger partial charge on any atom is 0.506 e. The minimum Gasteiger partial charge on any atom is -0.407 e. The van der Waals surface area contributed by atoms with Crippen LogP contribution in [0.1, 0.15) is 13.8 Å². The molecule has 3 nitrogen and oxygen atoms in total. The van der Waals surface area contributed by atoms with Crippen LogP contribution in [0.2, 0.25) is 0 Å². The maximum absolute atomic E-state index is 5.37. The van der Waals surface area contributed by atoms with Gasteiger partial charge in [0.25, 0.3) is 0 Å². The Balaban J connectivity index is 2.53. The molecule has 0 saturated heterocycles. The quantitative estimate of drug-likeness (QED) is 0.639. The molecule has 0 aliphatic rings. The average molecular weight is 185 g/mol. The number of thiazole rings is 1. The van der Waals surface area contributed by atoms with Crippen molar-refractivity contribution in [3.63, 3.8) is 0 Å². The molecule has 1 aromatic heterocycles. The van der Waals surface area contributed by atoms with Crippen LogP contribution < -0.4 is 4.78 Å². The normalized spacial score (nSPS) is 10.2.